The van der Waals surface area contributed by atoms with E-state index in [1.54, 1.807) is 13.2 Å². The molecule has 1 aliphatic rings. The molecule has 0 aliphatic heterocycles. The van der Waals surface area contributed by atoms with Gasteiger partial charge in [0, 0.05) is 38.8 Å². The van der Waals surface area contributed by atoms with Crippen LogP contribution < -0.4 is 0 Å². The van der Waals surface area contributed by atoms with E-state index >= 15 is 0 Å². The molecule has 6 heteroatoms. The van der Waals surface area contributed by atoms with Crippen molar-refractivity contribution in [3.05, 3.63) is 35.1 Å². The zero-order valence-corrected chi connectivity index (χ0v) is 17.4. The minimum atomic E-state index is -0.463. The third kappa shape index (κ3) is 8.65. The van der Waals surface area contributed by atoms with Crippen LogP contribution in [0.15, 0.2) is 35.1 Å². The summed E-state index contributed by atoms with van der Waals surface area (Å²) in [6.45, 7) is 13.2. The highest BCUT2D eigenvalue weighted by atomic mass is 16.5. The lowest BCUT2D eigenvalue weighted by atomic mass is 9.84. The maximum absolute atomic E-state index is 10.9. The molecule has 2 N–H and O–H groups in total. The second-order valence-corrected chi connectivity index (χ2v) is 5.34. The number of aliphatic hydroxyl groups is 2. The van der Waals surface area contributed by atoms with Crippen LogP contribution in [0.3, 0.4) is 0 Å². The van der Waals surface area contributed by atoms with Crippen LogP contribution >= 0.6 is 0 Å². The van der Waals surface area contributed by atoms with E-state index in [0.29, 0.717) is 19.6 Å². The van der Waals surface area contributed by atoms with Crippen LogP contribution in [0.5, 0.6) is 0 Å². The number of likely N-dealkylation sites (N-methyl/N-ethyl adjacent to an activating group) is 1. The Morgan fingerprint density at radius 3 is 2.42 bits per heavy atom. The number of hydrogen-bond acceptors (Lipinski definition) is 6. The maximum Gasteiger partial charge on any atom is 0.293 e. The van der Waals surface area contributed by atoms with Crippen LogP contribution in [-0.2, 0) is 14.3 Å². The Morgan fingerprint density at radius 2 is 1.96 bits per heavy atom. The van der Waals surface area contributed by atoms with E-state index in [2.05, 4.69) is 11.8 Å². The topological polar surface area (TPSA) is 79.2 Å². The lowest BCUT2D eigenvalue weighted by Gasteiger charge is -2.32. The minimum absolute atomic E-state index is 0.0396. The first-order chi connectivity index (χ1) is 12.6. The number of hydrogen-bond donors (Lipinski definition) is 2. The summed E-state index contributed by atoms with van der Waals surface area (Å²) in [5.74, 6) is 0.144. The van der Waals surface area contributed by atoms with E-state index in [0.717, 1.165) is 31.3 Å². The monoisotopic (exact) mass is 371 g/mol. The fourth-order valence-corrected chi connectivity index (χ4v) is 2.56. The maximum atomic E-state index is 10.9. The average molecular weight is 372 g/mol. The van der Waals surface area contributed by atoms with Crippen LogP contribution in [0.4, 0.5) is 0 Å². The number of aliphatic hydroxyl groups excluding tert-OH is 2. The van der Waals surface area contributed by atoms with Gasteiger partial charge in [-0.1, -0.05) is 38.5 Å². The van der Waals surface area contributed by atoms with Crippen LogP contribution in [0.25, 0.3) is 0 Å². The molecule has 2 unspecified atom stereocenters. The van der Waals surface area contributed by atoms with Crippen molar-refractivity contribution in [2.45, 2.75) is 40.7 Å². The number of methoxy groups -OCH3 is 1. The van der Waals surface area contributed by atoms with Gasteiger partial charge in [0.1, 0.15) is 11.9 Å². The first-order valence-electron chi connectivity index (χ1n) is 9.07. The fraction of sp³-hybridized carbons (Fsp3) is 0.650. The van der Waals surface area contributed by atoms with Gasteiger partial charge in [-0.2, -0.15) is 0 Å². The second kappa shape index (κ2) is 16.8. The zero-order valence-electron chi connectivity index (χ0n) is 17.4. The molecule has 0 spiro atoms. The molecule has 1 aliphatic carbocycles. The van der Waals surface area contributed by atoms with Gasteiger partial charge in [0.15, 0.2) is 0 Å². The summed E-state index contributed by atoms with van der Waals surface area (Å²) in [4.78, 5) is 13.1. The van der Waals surface area contributed by atoms with Crippen LogP contribution in [0.1, 0.15) is 34.6 Å². The highest BCUT2D eigenvalue weighted by Gasteiger charge is 2.31. The van der Waals surface area contributed by atoms with E-state index in [9.17, 15) is 9.90 Å². The summed E-state index contributed by atoms with van der Waals surface area (Å²) < 4.78 is 10.4. The Kier molecular flexibility index (Phi) is 17.2. The average Bonchev–Trinajstić information content (AvgIpc) is 2.70. The largest absolute Gasteiger partial charge is 0.508 e. The first kappa shape index (κ1) is 26.6. The fourth-order valence-electron chi connectivity index (χ4n) is 2.56. The summed E-state index contributed by atoms with van der Waals surface area (Å²) in [5, 5.41) is 17.2. The van der Waals surface area contributed by atoms with E-state index in [1.807, 2.05) is 39.8 Å². The number of carbonyl (C=O) groups is 1. The summed E-state index contributed by atoms with van der Waals surface area (Å²) in [5.41, 5.74) is 1.84. The molecule has 6 nitrogen and oxygen atoms in total. The summed E-state index contributed by atoms with van der Waals surface area (Å²) in [6.07, 6.45) is 5.11. The predicted molar refractivity (Wildman–Crippen MR) is 106 cm³/mol. The molecule has 0 saturated heterocycles. The Labute approximate surface area is 158 Å². The van der Waals surface area contributed by atoms with Gasteiger partial charge in [0.25, 0.3) is 6.47 Å². The Balaban J connectivity index is 0. The van der Waals surface area contributed by atoms with Crippen molar-refractivity contribution in [2.75, 3.05) is 40.5 Å². The molecule has 0 fully saturated rings. The first-order valence-corrected chi connectivity index (χ1v) is 9.07. The molecule has 26 heavy (non-hydrogen) atoms. The van der Waals surface area contributed by atoms with Gasteiger partial charge in [0.2, 0.25) is 0 Å². The lowest BCUT2D eigenvalue weighted by Crippen LogP contribution is -2.37. The number of ether oxygens (including phenoxy) is 2. The van der Waals surface area contributed by atoms with Crippen molar-refractivity contribution in [1.82, 2.24) is 4.90 Å². The van der Waals surface area contributed by atoms with Gasteiger partial charge in [-0.05, 0) is 26.5 Å². The highest BCUT2D eigenvalue weighted by molar-refractivity contribution is 5.43. The van der Waals surface area contributed by atoms with Gasteiger partial charge in [-0.15, -0.1) is 0 Å². The van der Waals surface area contributed by atoms with Crippen LogP contribution in [0, 0.1) is 5.92 Å². The number of carbonyl (C=O) groups excluding carboxylic acids is 1. The summed E-state index contributed by atoms with van der Waals surface area (Å²) in [7, 11) is 2.66. The van der Waals surface area contributed by atoms with Crippen molar-refractivity contribution in [1.29, 1.82) is 0 Å². The molecule has 0 aromatic rings. The minimum Gasteiger partial charge on any atom is -0.508 e. The van der Waals surface area contributed by atoms with Crippen molar-refractivity contribution in [3.63, 3.8) is 0 Å². The molecule has 1 rings (SSSR count). The number of allylic oxidation sites excluding steroid dienone is 2. The van der Waals surface area contributed by atoms with Crippen molar-refractivity contribution in [2.24, 2.45) is 5.92 Å². The molecule has 0 radical (unpaired) electrons. The third-order valence-corrected chi connectivity index (χ3v) is 4.10. The quantitative estimate of drug-likeness (QED) is 0.479. The molecular formula is C20H37NO5. The lowest BCUT2D eigenvalue weighted by molar-refractivity contribution is -0.133. The Morgan fingerprint density at radius 1 is 1.35 bits per heavy atom. The summed E-state index contributed by atoms with van der Waals surface area (Å²) in [6, 6.07) is 0. The van der Waals surface area contributed by atoms with E-state index in [-0.39, 0.29) is 11.7 Å². The molecule has 0 heterocycles. The summed E-state index contributed by atoms with van der Waals surface area (Å²) >= 11 is 0. The van der Waals surface area contributed by atoms with E-state index < -0.39 is 6.10 Å². The zero-order chi connectivity index (χ0) is 20.5. The van der Waals surface area contributed by atoms with E-state index in [1.165, 1.54) is 0 Å². The van der Waals surface area contributed by atoms with Gasteiger partial charge in [-0.25, -0.2) is 0 Å². The predicted octanol–water partition coefficient (Wildman–Crippen LogP) is 3.10. The molecule has 0 saturated carbocycles. The molecule has 0 aromatic carbocycles. The third-order valence-electron chi connectivity index (χ3n) is 4.10. The SMILES string of the molecule is C/C=C(/C)C1C=CC(O)=C(CN(CC)CCOC)C1OC=O.CC.CO. The second-order valence-electron chi connectivity index (χ2n) is 5.34. The van der Waals surface area contributed by atoms with Gasteiger partial charge in [-0.3, -0.25) is 9.69 Å². The normalized spacial score (nSPS) is 19.3. The molecular weight excluding hydrogens is 334 g/mol. The highest BCUT2D eigenvalue weighted by Crippen LogP contribution is 2.31. The standard InChI is InChI=1S/C17H27NO4.C2H6.CH4O/c1-5-13(3)14-7-8-16(20)15(17(14)22-12-19)11-18(6-2)9-10-21-4;2*1-2/h5,7-8,12,14,17,20H,6,9-11H2,1-4H3;1-2H3;2H,1H3/b13-5-;;. The molecule has 2 atom stereocenters. The molecule has 0 aromatic heterocycles. The molecule has 152 valence electrons. The van der Waals surface area contributed by atoms with Crippen molar-refractivity contribution in [3.8, 4) is 0 Å². The molecule has 0 bridgehead atoms. The number of rotatable bonds is 9. The van der Waals surface area contributed by atoms with Crippen molar-refractivity contribution >= 4 is 6.47 Å². The Hall–Kier alpha value is -1.63. The smallest absolute Gasteiger partial charge is 0.293 e. The van der Waals surface area contributed by atoms with Gasteiger partial charge in [0.05, 0.1) is 6.61 Å². The van der Waals surface area contributed by atoms with Gasteiger partial charge < -0.3 is 19.7 Å². The van der Waals surface area contributed by atoms with E-state index in [4.69, 9.17) is 14.6 Å². The van der Waals surface area contributed by atoms with Crippen molar-refractivity contribution < 1.29 is 24.5 Å². The number of nitrogens with zero attached hydrogens (tertiary/aromatic N) is 1. The van der Waals surface area contributed by atoms with Gasteiger partial charge >= 0.3 is 0 Å². The Bertz CT molecular complexity index is 457. The molecule has 0 amide bonds. The van der Waals surface area contributed by atoms with Crippen LogP contribution in [0.2, 0.25) is 0 Å². The van der Waals surface area contributed by atoms with Crippen LogP contribution in [-0.4, -0.2) is 68.1 Å².